The Morgan fingerprint density at radius 3 is 2.15 bits per heavy atom. The quantitative estimate of drug-likeness (QED) is 0.539. The zero-order valence-corrected chi connectivity index (χ0v) is 20.3. The van der Waals surface area contributed by atoms with Crippen molar-refractivity contribution in [2.45, 2.75) is 45.7 Å². The summed E-state index contributed by atoms with van der Waals surface area (Å²) in [5.41, 5.74) is 1.17. The van der Waals surface area contributed by atoms with Crippen LogP contribution in [0, 0.1) is 5.82 Å². The third kappa shape index (κ3) is 7.85. The number of hydrogen-bond acceptors (Lipinski definition) is 4. The van der Waals surface area contributed by atoms with Crippen LogP contribution in [-0.4, -0.2) is 56.6 Å². The van der Waals surface area contributed by atoms with Gasteiger partial charge in [0.25, 0.3) is 0 Å². The minimum Gasteiger partial charge on any atom is -0.352 e. The van der Waals surface area contributed by atoms with Crippen molar-refractivity contribution in [3.8, 4) is 0 Å². The molecule has 180 valence electrons. The molecule has 1 atom stereocenters. The zero-order chi connectivity index (χ0) is 24.6. The van der Waals surface area contributed by atoms with Crippen molar-refractivity contribution >= 4 is 27.5 Å². The van der Waals surface area contributed by atoms with Crippen molar-refractivity contribution < 1.29 is 22.4 Å². The summed E-state index contributed by atoms with van der Waals surface area (Å²) in [6.07, 6.45) is 1.86. The second-order valence-corrected chi connectivity index (χ2v) is 10.1. The van der Waals surface area contributed by atoms with E-state index in [4.69, 9.17) is 0 Å². The number of carbonyl (C=O) groups is 2. The van der Waals surface area contributed by atoms with Gasteiger partial charge in [0.2, 0.25) is 21.8 Å². The van der Waals surface area contributed by atoms with Gasteiger partial charge in [-0.2, -0.15) is 0 Å². The fourth-order valence-electron chi connectivity index (χ4n) is 3.50. The van der Waals surface area contributed by atoms with Gasteiger partial charge in [-0.3, -0.25) is 13.9 Å². The van der Waals surface area contributed by atoms with Crippen LogP contribution >= 0.6 is 0 Å². The Bertz CT molecular complexity index is 1030. The Morgan fingerprint density at radius 1 is 1.03 bits per heavy atom. The van der Waals surface area contributed by atoms with Gasteiger partial charge >= 0.3 is 0 Å². The summed E-state index contributed by atoms with van der Waals surface area (Å²) in [4.78, 5) is 27.7. The minimum absolute atomic E-state index is 0.107. The van der Waals surface area contributed by atoms with Gasteiger partial charge in [0.1, 0.15) is 18.4 Å². The molecule has 0 unspecified atom stereocenters. The molecule has 0 radical (unpaired) electrons. The molecule has 7 nitrogen and oxygen atoms in total. The third-order valence-electron chi connectivity index (χ3n) is 5.09. The monoisotopic (exact) mass is 477 g/mol. The van der Waals surface area contributed by atoms with E-state index in [2.05, 4.69) is 5.32 Å². The highest BCUT2D eigenvalue weighted by Crippen LogP contribution is 2.19. The standard InChI is InChI=1S/C24H32FN3O4S/c1-5-22(24(30)26-18(2)3)27(16-15-19-9-7-6-8-10-19)23(29)17-28(33(4,31)32)21-13-11-20(25)12-14-21/h6-14,18,22H,5,15-17H2,1-4H3,(H,26,30)/t22-/m0/s1. The number of benzene rings is 2. The van der Waals surface area contributed by atoms with E-state index in [0.717, 1.165) is 28.3 Å². The van der Waals surface area contributed by atoms with E-state index in [1.165, 1.54) is 17.0 Å². The molecule has 2 aromatic rings. The third-order valence-corrected chi connectivity index (χ3v) is 6.24. The molecule has 0 aliphatic rings. The van der Waals surface area contributed by atoms with Crippen molar-refractivity contribution in [2.24, 2.45) is 0 Å². The van der Waals surface area contributed by atoms with Crippen LogP contribution in [0.2, 0.25) is 0 Å². The molecule has 0 spiro atoms. The summed E-state index contributed by atoms with van der Waals surface area (Å²) in [5, 5.41) is 2.84. The Morgan fingerprint density at radius 2 is 1.64 bits per heavy atom. The van der Waals surface area contributed by atoms with Gasteiger partial charge in [-0.15, -0.1) is 0 Å². The molecule has 2 rings (SSSR count). The lowest BCUT2D eigenvalue weighted by atomic mass is 10.1. The lowest BCUT2D eigenvalue weighted by Crippen LogP contribution is -2.54. The van der Waals surface area contributed by atoms with Crippen LogP contribution < -0.4 is 9.62 Å². The van der Waals surface area contributed by atoms with E-state index >= 15 is 0 Å². The van der Waals surface area contributed by atoms with Gasteiger partial charge in [0.05, 0.1) is 11.9 Å². The lowest BCUT2D eigenvalue weighted by Gasteiger charge is -2.33. The van der Waals surface area contributed by atoms with Gasteiger partial charge in [0.15, 0.2) is 0 Å². The van der Waals surface area contributed by atoms with Crippen molar-refractivity contribution in [1.82, 2.24) is 10.2 Å². The molecule has 0 saturated heterocycles. The summed E-state index contributed by atoms with van der Waals surface area (Å²) in [7, 11) is -3.84. The van der Waals surface area contributed by atoms with Gasteiger partial charge in [-0.25, -0.2) is 12.8 Å². The van der Waals surface area contributed by atoms with E-state index in [1.54, 1.807) is 0 Å². The van der Waals surface area contributed by atoms with Crippen LogP contribution in [0.3, 0.4) is 0 Å². The van der Waals surface area contributed by atoms with Crippen LogP contribution in [0.4, 0.5) is 10.1 Å². The van der Waals surface area contributed by atoms with Crippen molar-refractivity contribution in [1.29, 1.82) is 0 Å². The van der Waals surface area contributed by atoms with Crippen LogP contribution in [0.15, 0.2) is 54.6 Å². The molecule has 9 heteroatoms. The number of halogens is 1. The molecule has 0 aromatic heterocycles. The maximum absolute atomic E-state index is 13.4. The second kappa shape index (κ2) is 11.8. The molecular formula is C24H32FN3O4S. The molecular weight excluding hydrogens is 445 g/mol. The van der Waals surface area contributed by atoms with E-state index in [9.17, 15) is 22.4 Å². The Kier molecular flexibility index (Phi) is 9.40. The van der Waals surface area contributed by atoms with E-state index in [1.807, 2.05) is 51.1 Å². The average Bonchev–Trinajstić information content (AvgIpc) is 2.75. The highest BCUT2D eigenvalue weighted by molar-refractivity contribution is 7.92. The number of nitrogens with one attached hydrogen (secondary N) is 1. The maximum Gasteiger partial charge on any atom is 0.244 e. The van der Waals surface area contributed by atoms with Crippen LogP contribution in [0.1, 0.15) is 32.8 Å². The Balaban J connectivity index is 2.34. The maximum atomic E-state index is 13.4. The molecule has 2 aromatic carbocycles. The first kappa shape index (κ1) is 26.3. The number of nitrogens with zero attached hydrogens (tertiary/aromatic N) is 2. The first-order valence-electron chi connectivity index (χ1n) is 10.9. The van der Waals surface area contributed by atoms with Gasteiger partial charge < -0.3 is 10.2 Å². The summed E-state index contributed by atoms with van der Waals surface area (Å²) >= 11 is 0. The SMILES string of the molecule is CC[C@@H](C(=O)NC(C)C)N(CCc1ccccc1)C(=O)CN(c1ccc(F)cc1)S(C)(=O)=O. The largest absolute Gasteiger partial charge is 0.352 e. The minimum atomic E-state index is -3.84. The number of anilines is 1. The van der Waals surface area contributed by atoms with Crippen molar-refractivity contribution in [3.63, 3.8) is 0 Å². The van der Waals surface area contributed by atoms with E-state index < -0.39 is 34.3 Å². The van der Waals surface area contributed by atoms with Crippen LogP contribution in [-0.2, 0) is 26.0 Å². The number of sulfonamides is 1. The molecule has 0 heterocycles. The van der Waals surface area contributed by atoms with Crippen molar-refractivity contribution in [3.05, 3.63) is 66.0 Å². The predicted molar refractivity (Wildman–Crippen MR) is 128 cm³/mol. The average molecular weight is 478 g/mol. The lowest BCUT2D eigenvalue weighted by molar-refractivity contribution is -0.139. The first-order valence-corrected chi connectivity index (χ1v) is 12.7. The normalized spacial score (nSPS) is 12.3. The molecule has 0 bridgehead atoms. The zero-order valence-electron chi connectivity index (χ0n) is 19.5. The molecule has 0 fully saturated rings. The second-order valence-electron chi connectivity index (χ2n) is 8.16. The number of rotatable bonds is 11. The molecule has 2 amide bonds. The van der Waals surface area contributed by atoms with Gasteiger partial charge in [-0.05, 0) is 56.5 Å². The molecule has 33 heavy (non-hydrogen) atoms. The van der Waals surface area contributed by atoms with Gasteiger partial charge in [-0.1, -0.05) is 37.3 Å². The first-order chi connectivity index (χ1) is 15.5. The fourth-order valence-corrected chi connectivity index (χ4v) is 4.35. The fraction of sp³-hybridized carbons (Fsp3) is 0.417. The topological polar surface area (TPSA) is 86.8 Å². The van der Waals surface area contributed by atoms with Crippen molar-refractivity contribution in [2.75, 3.05) is 23.7 Å². The highest BCUT2D eigenvalue weighted by atomic mass is 32.2. The smallest absolute Gasteiger partial charge is 0.244 e. The molecule has 0 saturated carbocycles. The Labute approximate surface area is 195 Å². The van der Waals surface area contributed by atoms with Crippen LogP contribution in [0.5, 0.6) is 0 Å². The summed E-state index contributed by atoms with van der Waals surface area (Å²) < 4.78 is 39.2. The molecule has 0 aliphatic carbocycles. The highest BCUT2D eigenvalue weighted by Gasteiger charge is 2.31. The Hall–Kier alpha value is -2.94. The molecule has 0 aliphatic heterocycles. The summed E-state index contributed by atoms with van der Waals surface area (Å²) in [6.45, 7) is 5.22. The van der Waals surface area contributed by atoms with E-state index in [0.29, 0.717) is 12.8 Å². The summed E-state index contributed by atoms with van der Waals surface area (Å²) in [6, 6.07) is 13.6. The van der Waals surface area contributed by atoms with E-state index in [-0.39, 0.29) is 24.2 Å². The van der Waals surface area contributed by atoms with Gasteiger partial charge in [0, 0.05) is 12.6 Å². The molecule has 1 N–H and O–H groups in total. The van der Waals surface area contributed by atoms with Crippen LogP contribution in [0.25, 0.3) is 0 Å². The predicted octanol–water partition coefficient (Wildman–Crippen LogP) is 2.97. The number of hydrogen-bond donors (Lipinski definition) is 1. The summed E-state index contributed by atoms with van der Waals surface area (Å²) in [5.74, 6) is -1.31. The number of amides is 2. The number of carbonyl (C=O) groups excluding carboxylic acids is 2.